The molecule has 5 rings (SSSR count). The number of nitrogens with zero attached hydrogens (tertiary/aromatic N) is 5. The van der Waals surface area contributed by atoms with E-state index in [9.17, 15) is 4.79 Å². The molecule has 31 heavy (non-hydrogen) atoms. The fourth-order valence-electron chi connectivity index (χ4n) is 3.63. The van der Waals surface area contributed by atoms with Crippen LogP contribution in [0.2, 0.25) is 0 Å². The van der Waals surface area contributed by atoms with E-state index in [2.05, 4.69) is 33.7 Å². The molecule has 154 valence electrons. The Morgan fingerprint density at radius 3 is 2.71 bits per heavy atom. The van der Waals surface area contributed by atoms with E-state index in [1.54, 1.807) is 17.8 Å². The number of carbonyl (C=O) groups is 1. The van der Waals surface area contributed by atoms with E-state index >= 15 is 0 Å². The van der Waals surface area contributed by atoms with Gasteiger partial charge in [0, 0.05) is 16.7 Å². The van der Waals surface area contributed by atoms with E-state index in [0.29, 0.717) is 5.75 Å². The van der Waals surface area contributed by atoms with Crippen molar-refractivity contribution < 1.29 is 9.53 Å². The average molecular weight is 430 g/mol. The Balaban J connectivity index is 1.39. The summed E-state index contributed by atoms with van der Waals surface area (Å²) in [5, 5.41) is 11.2. The molecule has 4 aromatic rings. The summed E-state index contributed by atoms with van der Waals surface area (Å²) in [6, 6.07) is 25.4. The zero-order valence-electron chi connectivity index (χ0n) is 16.5. The molecule has 0 aliphatic carbocycles. The minimum atomic E-state index is -0.0885. The second-order valence-corrected chi connectivity index (χ2v) is 8.07. The first kappa shape index (κ1) is 19.3. The SMILES string of the molecule is O=C(COc1cccc(-n2cnnn2)c1)N1c2ccccc2SC[C@H]1c1ccccc1. The van der Waals surface area contributed by atoms with E-state index in [0.717, 1.165) is 27.6 Å². The van der Waals surface area contributed by atoms with Crippen molar-refractivity contribution >= 4 is 23.4 Å². The van der Waals surface area contributed by atoms with Gasteiger partial charge in [-0.3, -0.25) is 9.69 Å². The molecule has 0 saturated heterocycles. The van der Waals surface area contributed by atoms with E-state index in [1.165, 1.54) is 11.0 Å². The van der Waals surface area contributed by atoms with Crippen molar-refractivity contribution in [3.05, 3.63) is 90.8 Å². The first-order chi connectivity index (χ1) is 15.3. The van der Waals surface area contributed by atoms with Gasteiger partial charge in [-0.2, -0.15) is 0 Å². The van der Waals surface area contributed by atoms with E-state index in [1.807, 2.05) is 59.5 Å². The summed E-state index contributed by atoms with van der Waals surface area (Å²) in [4.78, 5) is 16.4. The van der Waals surface area contributed by atoms with Crippen LogP contribution in [0.1, 0.15) is 11.6 Å². The maximum atomic E-state index is 13.4. The number of tetrazole rings is 1. The number of aromatic nitrogens is 4. The van der Waals surface area contributed by atoms with Crippen LogP contribution in [-0.4, -0.2) is 38.5 Å². The number of carbonyl (C=O) groups excluding carboxylic acids is 1. The Kier molecular flexibility index (Phi) is 5.37. The van der Waals surface area contributed by atoms with Gasteiger partial charge in [0.05, 0.1) is 17.4 Å². The predicted octanol–water partition coefficient (Wildman–Crippen LogP) is 3.92. The number of ether oxygens (including phenoxy) is 1. The van der Waals surface area contributed by atoms with Crippen LogP contribution in [0.3, 0.4) is 0 Å². The number of para-hydroxylation sites is 1. The van der Waals surface area contributed by atoms with Gasteiger partial charge in [-0.25, -0.2) is 4.68 Å². The van der Waals surface area contributed by atoms with E-state index in [-0.39, 0.29) is 18.6 Å². The maximum absolute atomic E-state index is 13.4. The maximum Gasteiger partial charge on any atom is 0.265 e. The lowest BCUT2D eigenvalue weighted by Gasteiger charge is -2.37. The Bertz CT molecular complexity index is 1180. The lowest BCUT2D eigenvalue weighted by Crippen LogP contribution is -2.41. The van der Waals surface area contributed by atoms with Crippen molar-refractivity contribution in [2.75, 3.05) is 17.3 Å². The van der Waals surface area contributed by atoms with Gasteiger partial charge in [-0.15, -0.1) is 16.9 Å². The van der Waals surface area contributed by atoms with Crippen molar-refractivity contribution in [2.24, 2.45) is 0 Å². The fourth-order valence-corrected chi connectivity index (χ4v) is 4.80. The monoisotopic (exact) mass is 429 g/mol. The van der Waals surface area contributed by atoms with Gasteiger partial charge in [0.1, 0.15) is 12.1 Å². The van der Waals surface area contributed by atoms with Gasteiger partial charge < -0.3 is 4.74 Å². The zero-order valence-corrected chi connectivity index (χ0v) is 17.4. The lowest BCUT2D eigenvalue weighted by atomic mass is 10.1. The van der Waals surface area contributed by atoms with Crippen LogP contribution in [0.25, 0.3) is 5.69 Å². The number of rotatable bonds is 5. The smallest absolute Gasteiger partial charge is 0.265 e. The zero-order chi connectivity index (χ0) is 21.0. The highest BCUT2D eigenvalue weighted by Gasteiger charge is 2.32. The largest absolute Gasteiger partial charge is 0.484 e. The van der Waals surface area contributed by atoms with Crippen LogP contribution in [0.5, 0.6) is 5.75 Å². The molecular formula is C23H19N5O2S. The summed E-state index contributed by atoms with van der Waals surface area (Å²) < 4.78 is 7.42. The summed E-state index contributed by atoms with van der Waals surface area (Å²) in [6.07, 6.45) is 1.51. The van der Waals surface area contributed by atoms with Crippen molar-refractivity contribution in [2.45, 2.75) is 10.9 Å². The molecule has 0 spiro atoms. The van der Waals surface area contributed by atoms with Gasteiger partial charge in [0.2, 0.25) is 0 Å². The molecule has 8 heteroatoms. The lowest BCUT2D eigenvalue weighted by molar-refractivity contribution is -0.121. The van der Waals surface area contributed by atoms with Gasteiger partial charge in [-0.1, -0.05) is 48.5 Å². The molecule has 0 radical (unpaired) electrons. The van der Waals surface area contributed by atoms with Crippen molar-refractivity contribution in [1.29, 1.82) is 0 Å². The van der Waals surface area contributed by atoms with Crippen molar-refractivity contribution in [1.82, 2.24) is 20.2 Å². The third kappa shape index (κ3) is 4.02. The van der Waals surface area contributed by atoms with Crippen LogP contribution in [0, 0.1) is 0 Å². The molecule has 1 aliphatic heterocycles. The molecule has 0 bridgehead atoms. The van der Waals surface area contributed by atoms with Gasteiger partial charge in [-0.05, 0) is 40.3 Å². The minimum absolute atomic E-state index is 0.0512. The molecule has 1 atom stereocenters. The molecule has 2 heterocycles. The van der Waals surface area contributed by atoms with E-state index in [4.69, 9.17) is 4.74 Å². The summed E-state index contributed by atoms with van der Waals surface area (Å²) in [6.45, 7) is -0.0681. The molecule has 3 aromatic carbocycles. The van der Waals surface area contributed by atoms with Crippen molar-refractivity contribution in [3.8, 4) is 11.4 Å². The first-order valence-electron chi connectivity index (χ1n) is 9.85. The average Bonchev–Trinajstić information content (AvgIpc) is 3.38. The first-order valence-corrected chi connectivity index (χ1v) is 10.8. The highest BCUT2D eigenvalue weighted by Crippen LogP contribution is 2.43. The number of benzene rings is 3. The number of anilines is 1. The Morgan fingerprint density at radius 1 is 1.03 bits per heavy atom. The summed E-state index contributed by atoms with van der Waals surface area (Å²) in [5.74, 6) is 1.29. The number of hydrogen-bond acceptors (Lipinski definition) is 6. The topological polar surface area (TPSA) is 73.1 Å². The van der Waals surface area contributed by atoms with Crippen LogP contribution < -0.4 is 9.64 Å². The van der Waals surface area contributed by atoms with Crippen LogP contribution in [-0.2, 0) is 4.79 Å². The number of fused-ring (bicyclic) bond motifs is 1. The molecule has 0 fully saturated rings. The molecule has 1 aromatic heterocycles. The standard InChI is InChI=1S/C23H19N5O2S/c29-23(14-30-19-10-6-9-18(13-19)27-16-24-25-26-27)28-20-11-4-5-12-22(20)31-15-21(28)17-7-2-1-3-8-17/h1-13,16,21H,14-15H2/t21-/m0/s1. The second-order valence-electron chi connectivity index (χ2n) is 7.01. The molecule has 0 saturated carbocycles. The number of hydrogen-bond donors (Lipinski definition) is 0. The number of thioether (sulfide) groups is 1. The molecule has 1 amide bonds. The molecule has 1 aliphatic rings. The van der Waals surface area contributed by atoms with Crippen LogP contribution >= 0.6 is 11.8 Å². The van der Waals surface area contributed by atoms with Crippen LogP contribution in [0.15, 0.2) is 90.1 Å². The summed E-state index contributed by atoms with van der Waals surface area (Å²) in [5.41, 5.74) is 2.79. The fraction of sp³-hybridized carbons (Fsp3) is 0.130. The highest BCUT2D eigenvalue weighted by molar-refractivity contribution is 7.99. The summed E-state index contributed by atoms with van der Waals surface area (Å²) >= 11 is 1.77. The molecule has 0 unspecified atom stereocenters. The normalized spacial score (nSPS) is 15.4. The van der Waals surface area contributed by atoms with Gasteiger partial charge >= 0.3 is 0 Å². The Labute approximate surface area is 183 Å². The minimum Gasteiger partial charge on any atom is -0.484 e. The molecule has 7 nitrogen and oxygen atoms in total. The Morgan fingerprint density at radius 2 is 1.87 bits per heavy atom. The highest BCUT2D eigenvalue weighted by atomic mass is 32.2. The third-order valence-electron chi connectivity index (χ3n) is 5.08. The molecule has 0 N–H and O–H groups in total. The number of amides is 1. The quantitative estimate of drug-likeness (QED) is 0.479. The van der Waals surface area contributed by atoms with Gasteiger partial charge in [0.25, 0.3) is 5.91 Å². The van der Waals surface area contributed by atoms with Gasteiger partial charge in [0.15, 0.2) is 6.61 Å². The summed E-state index contributed by atoms with van der Waals surface area (Å²) in [7, 11) is 0. The molecular weight excluding hydrogens is 410 g/mol. The predicted molar refractivity (Wildman–Crippen MR) is 118 cm³/mol. The van der Waals surface area contributed by atoms with Crippen molar-refractivity contribution in [3.63, 3.8) is 0 Å². The Hall–Kier alpha value is -3.65. The second kappa shape index (κ2) is 8.61. The third-order valence-corrected chi connectivity index (χ3v) is 6.22. The van der Waals surface area contributed by atoms with E-state index < -0.39 is 0 Å². The van der Waals surface area contributed by atoms with Crippen LogP contribution in [0.4, 0.5) is 5.69 Å².